The van der Waals surface area contributed by atoms with Crippen LogP contribution in [0.5, 0.6) is 0 Å². The molecule has 0 fully saturated rings. The Labute approximate surface area is 135 Å². The van der Waals surface area contributed by atoms with Gasteiger partial charge in [-0.1, -0.05) is 36.7 Å². The van der Waals surface area contributed by atoms with Crippen LogP contribution in [0.1, 0.15) is 45.6 Å². The van der Waals surface area contributed by atoms with Crippen LogP contribution in [0.15, 0.2) is 22.7 Å². The highest BCUT2D eigenvalue weighted by molar-refractivity contribution is 9.10. The molecule has 0 aromatic heterocycles. The van der Waals surface area contributed by atoms with Crippen LogP contribution in [0.2, 0.25) is 0 Å². The van der Waals surface area contributed by atoms with Crippen molar-refractivity contribution in [2.45, 2.75) is 46.5 Å². The molecule has 0 aliphatic heterocycles. The quantitative estimate of drug-likeness (QED) is 0.780. The van der Waals surface area contributed by atoms with Crippen LogP contribution in [0, 0.1) is 17.2 Å². The smallest absolute Gasteiger partial charge is 0.137 e. The van der Waals surface area contributed by atoms with Crippen molar-refractivity contribution in [1.29, 1.82) is 0 Å². The molecule has 0 saturated carbocycles. The topological polar surface area (TPSA) is 43.1 Å². The van der Waals surface area contributed by atoms with Crippen molar-refractivity contribution in [3.05, 3.63) is 34.1 Å². The predicted octanol–water partition coefficient (Wildman–Crippen LogP) is 4.49. The predicted molar refractivity (Wildman–Crippen MR) is 88.7 cm³/mol. The molecule has 118 valence electrons. The Balaban J connectivity index is 2.59. The summed E-state index contributed by atoms with van der Waals surface area (Å²) >= 11 is 3.36. The van der Waals surface area contributed by atoms with E-state index in [4.69, 9.17) is 5.73 Å². The molecule has 1 unspecified atom stereocenters. The molecule has 0 spiro atoms. The minimum Gasteiger partial charge on any atom is -0.330 e. The third kappa shape index (κ3) is 6.27. The van der Waals surface area contributed by atoms with Crippen molar-refractivity contribution in [2.75, 3.05) is 6.54 Å². The lowest BCUT2D eigenvalue weighted by Crippen LogP contribution is -2.24. The number of benzene rings is 1. The zero-order valence-corrected chi connectivity index (χ0v) is 14.7. The van der Waals surface area contributed by atoms with Crippen LogP contribution >= 0.6 is 15.9 Å². The van der Waals surface area contributed by atoms with Crippen molar-refractivity contribution in [3.63, 3.8) is 0 Å². The molecule has 1 aromatic rings. The van der Waals surface area contributed by atoms with Crippen LogP contribution in [0.3, 0.4) is 0 Å². The maximum atomic E-state index is 13.2. The third-order valence-corrected chi connectivity index (χ3v) is 4.68. The normalized spacial score (nSPS) is 13.2. The number of halogens is 2. The number of nitrogens with two attached hydrogens (primary N) is 1. The van der Waals surface area contributed by atoms with Gasteiger partial charge in [-0.15, -0.1) is 0 Å². The molecular weight excluding hydrogens is 333 g/mol. The fourth-order valence-corrected chi connectivity index (χ4v) is 2.91. The zero-order chi connectivity index (χ0) is 16.0. The fraction of sp³-hybridized carbons (Fsp3) is 0.588. The van der Waals surface area contributed by atoms with Crippen LogP contribution < -0.4 is 5.73 Å². The summed E-state index contributed by atoms with van der Waals surface area (Å²) in [4.78, 5) is 12.1. The van der Waals surface area contributed by atoms with Crippen molar-refractivity contribution in [1.82, 2.24) is 0 Å². The van der Waals surface area contributed by atoms with E-state index in [2.05, 4.69) is 36.7 Å². The Hall–Kier alpha value is -0.740. The molecular formula is C17H25BrFNO. The van der Waals surface area contributed by atoms with Gasteiger partial charge in [-0.05, 0) is 54.5 Å². The van der Waals surface area contributed by atoms with E-state index in [-0.39, 0.29) is 23.4 Å². The molecule has 1 aromatic carbocycles. The number of ketones is 1. The summed E-state index contributed by atoms with van der Waals surface area (Å²) in [6.07, 6.45) is 2.57. The Morgan fingerprint density at radius 2 is 2.00 bits per heavy atom. The van der Waals surface area contributed by atoms with Gasteiger partial charge in [0.2, 0.25) is 0 Å². The molecule has 4 heteroatoms. The summed E-state index contributed by atoms with van der Waals surface area (Å²) in [6.45, 7) is 7.19. The average Bonchev–Trinajstić information content (AvgIpc) is 2.37. The number of rotatable bonds is 7. The minimum atomic E-state index is -0.309. The van der Waals surface area contributed by atoms with Crippen molar-refractivity contribution in [3.8, 4) is 0 Å². The standard InChI is InChI=1S/C17H25BrFNO/c1-17(2,3)13(8-9-20)4-6-15(21)11-12-10-14(19)5-7-16(12)18/h5,7,10,13H,4,6,8-9,11,20H2,1-3H3. The molecule has 0 radical (unpaired) electrons. The van der Waals surface area contributed by atoms with E-state index in [1.807, 2.05) is 0 Å². The first kappa shape index (κ1) is 18.3. The summed E-state index contributed by atoms with van der Waals surface area (Å²) in [6, 6.07) is 4.45. The maximum absolute atomic E-state index is 13.2. The van der Waals surface area contributed by atoms with Gasteiger partial charge in [-0.2, -0.15) is 0 Å². The van der Waals surface area contributed by atoms with Gasteiger partial charge in [0, 0.05) is 17.3 Å². The molecule has 0 bridgehead atoms. The number of carbonyl (C=O) groups excluding carboxylic acids is 1. The molecule has 0 aliphatic rings. The first-order chi connectivity index (χ1) is 9.74. The van der Waals surface area contributed by atoms with Gasteiger partial charge in [0.1, 0.15) is 11.6 Å². The Bertz CT molecular complexity index is 482. The summed E-state index contributed by atoms with van der Waals surface area (Å²) in [5, 5.41) is 0. The first-order valence-corrected chi connectivity index (χ1v) is 8.19. The molecule has 1 rings (SSSR count). The second-order valence-electron chi connectivity index (χ2n) is 6.63. The van der Waals surface area contributed by atoms with Crippen molar-refractivity contribution >= 4 is 21.7 Å². The van der Waals surface area contributed by atoms with Crippen molar-refractivity contribution < 1.29 is 9.18 Å². The highest BCUT2D eigenvalue weighted by Crippen LogP contribution is 2.32. The summed E-state index contributed by atoms with van der Waals surface area (Å²) < 4.78 is 14.0. The molecule has 0 aliphatic carbocycles. The van der Waals surface area contributed by atoms with E-state index in [0.717, 1.165) is 17.3 Å². The largest absolute Gasteiger partial charge is 0.330 e. The average molecular weight is 358 g/mol. The van der Waals surface area contributed by atoms with E-state index >= 15 is 0 Å². The third-order valence-electron chi connectivity index (χ3n) is 3.91. The second kappa shape index (κ2) is 8.04. The van der Waals surface area contributed by atoms with Gasteiger partial charge >= 0.3 is 0 Å². The fourth-order valence-electron chi connectivity index (χ4n) is 2.53. The highest BCUT2D eigenvalue weighted by Gasteiger charge is 2.24. The number of Topliss-reactive ketones (excluding diaryl/α,β-unsaturated/α-hetero) is 1. The van der Waals surface area contributed by atoms with Gasteiger partial charge in [0.15, 0.2) is 0 Å². The van der Waals surface area contributed by atoms with E-state index in [0.29, 0.717) is 24.4 Å². The number of hydrogen-bond acceptors (Lipinski definition) is 2. The van der Waals surface area contributed by atoms with Crippen LogP contribution in [-0.4, -0.2) is 12.3 Å². The summed E-state index contributed by atoms with van der Waals surface area (Å²) in [5.74, 6) is 0.270. The lowest BCUT2D eigenvalue weighted by Gasteiger charge is -2.30. The lowest BCUT2D eigenvalue weighted by atomic mass is 9.76. The van der Waals surface area contributed by atoms with Gasteiger partial charge in [0.25, 0.3) is 0 Å². The van der Waals surface area contributed by atoms with E-state index in [1.165, 1.54) is 12.1 Å². The van der Waals surface area contributed by atoms with E-state index in [1.54, 1.807) is 6.07 Å². The van der Waals surface area contributed by atoms with E-state index in [9.17, 15) is 9.18 Å². The van der Waals surface area contributed by atoms with Gasteiger partial charge in [-0.3, -0.25) is 4.79 Å². The summed E-state index contributed by atoms with van der Waals surface area (Å²) in [7, 11) is 0. The molecule has 1 atom stereocenters. The molecule has 0 saturated heterocycles. The Morgan fingerprint density at radius 1 is 1.33 bits per heavy atom. The number of carbonyl (C=O) groups is 1. The van der Waals surface area contributed by atoms with Gasteiger partial charge in [-0.25, -0.2) is 4.39 Å². The first-order valence-electron chi connectivity index (χ1n) is 7.39. The van der Waals surface area contributed by atoms with Crippen LogP contribution in [0.25, 0.3) is 0 Å². The number of hydrogen-bond donors (Lipinski definition) is 1. The summed E-state index contributed by atoms with van der Waals surface area (Å²) in [5.41, 5.74) is 6.53. The Kier molecular flexibility index (Phi) is 7.01. The monoisotopic (exact) mass is 357 g/mol. The van der Waals surface area contributed by atoms with Crippen LogP contribution in [0.4, 0.5) is 4.39 Å². The maximum Gasteiger partial charge on any atom is 0.137 e. The lowest BCUT2D eigenvalue weighted by molar-refractivity contribution is -0.118. The highest BCUT2D eigenvalue weighted by atomic mass is 79.9. The molecule has 0 amide bonds. The van der Waals surface area contributed by atoms with Gasteiger partial charge in [0.05, 0.1) is 0 Å². The van der Waals surface area contributed by atoms with Gasteiger partial charge < -0.3 is 5.73 Å². The van der Waals surface area contributed by atoms with Crippen LogP contribution in [-0.2, 0) is 11.2 Å². The minimum absolute atomic E-state index is 0.146. The van der Waals surface area contributed by atoms with Crippen molar-refractivity contribution in [2.24, 2.45) is 17.1 Å². The Morgan fingerprint density at radius 3 is 2.57 bits per heavy atom. The molecule has 0 heterocycles. The van der Waals surface area contributed by atoms with E-state index < -0.39 is 0 Å². The molecule has 2 N–H and O–H groups in total. The second-order valence-corrected chi connectivity index (χ2v) is 7.48. The molecule has 21 heavy (non-hydrogen) atoms. The SMILES string of the molecule is CC(C)(C)C(CCN)CCC(=O)Cc1cc(F)ccc1Br. The molecule has 2 nitrogen and oxygen atoms in total. The zero-order valence-electron chi connectivity index (χ0n) is 13.1.